The van der Waals surface area contributed by atoms with Crippen LogP contribution in [0.15, 0.2) is 18.5 Å². The van der Waals surface area contributed by atoms with Gasteiger partial charge in [0.15, 0.2) is 0 Å². The summed E-state index contributed by atoms with van der Waals surface area (Å²) in [4.78, 5) is 0. The second-order valence-corrected chi connectivity index (χ2v) is 4.15. The predicted octanol–water partition coefficient (Wildman–Crippen LogP) is 1.41. The smallest absolute Gasteiger partial charge is 0.0860 e. The van der Waals surface area contributed by atoms with Gasteiger partial charge in [0.05, 0.1) is 12.6 Å². The summed E-state index contributed by atoms with van der Waals surface area (Å²) in [6.07, 6.45) is 8.28. The molecule has 1 rings (SSSR count). The van der Waals surface area contributed by atoms with Gasteiger partial charge in [-0.25, -0.2) is 0 Å². The lowest BCUT2D eigenvalue weighted by Gasteiger charge is -2.11. The van der Waals surface area contributed by atoms with Crippen molar-refractivity contribution >= 4 is 0 Å². The van der Waals surface area contributed by atoms with Crippen LogP contribution in [0.3, 0.4) is 0 Å². The van der Waals surface area contributed by atoms with Gasteiger partial charge in [-0.05, 0) is 19.0 Å². The lowest BCUT2D eigenvalue weighted by molar-refractivity contribution is 0.147. The average molecular weight is 225 g/mol. The van der Waals surface area contributed by atoms with Crippen LogP contribution in [0.5, 0.6) is 0 Å². The molecular formula is C12H23N3O. The van der Waals surface area contributed by atoms with Crippen LogP contribution in [-0.2, 0) is 6.54 Å². The maximum Gasteiger partial charge on any atom is 0.0860 e. The predicted molar refractivity (Wildman–Crippen MR) is 65.2 cm³/mol. The Labute approximate surface area is 97.7 Å². The Morgan fingerprint density at radius 2 is 2.25 bits per heavy atom. The topological polar surface area (TPSA) is 50.1 Å². The van der Waals surface area contributed by atoms with E-state index in [1.54, 1.807) is 10.9 Å². The third-order valence-corrected chi connectivity index (χ3v) is 2.54. The molecule has 16 heavy (non-hydrogen) atoms. The minimum atomic E-state index is -0.355. The molecule has 1 aromatic heterocycles. The molecular weight excluding hydrogens is 202 g/mol. The van der Waals surface area contributed by atoms with Crippen molar-refractivity contribution in [2.24, 2.45) is 0 Å². The van der Waals surface area contributed by atoms with Gasteiger partial charge in [0.1, 0.15) is 0 Å². The molecule has 0 aliphatic carbocycles. The fourth-order valence-electron chi connectivity index (χ4n) is 1.63. The summed E-state index contributed by atoms with van der Waals surface area (Å²) in [6.45, 7) is 4.42. The molecule has 4 heteroatoms. The van der Waals surface area contributed by atoms with Gasteiger partial charge in [0.2, 0.25) is 0 Å². The number of nitrogens with zero attached hydrogens (tertiary/aromatic N) is 2. The molecule has 0 radical (unpaired) electrons. The third-order valence-electron chi connectivity index (χ3n) is 2.54. The van der Waals surface area contributed by atoms with Gasteiger partial charge in [0.25, 0.3) is 0 Å². The van der Waals surface area contributed by atoms with Crippen LogP contribution in [0.2, 0.25) is 0 Å². The third kappa shape index (κ3) is 5.88. The lowest BCUT2D eigenvalue weighted by Crippen LogP contribution is -2.31. The molecule has 0 aliphatic heterocycles. The Bertz CT molecular complexity index is 249. The molecule has 92 valence electrons. The molecule has 0 spiro atoms. The first-order valence-electron chi connectivity index (χ1n) is 6.19. The Hall–Kier alpha value is -0.870. The minimum absolute atomic E-state index is 0.355. The standard InChI is InChI=1S/C12H23N3O/c1-2-3-4-5-7-13-10-12(16)11-15-9-6-8-14-15/h6,8-9,12-13,16H,2-5,7,10-11H2,1H3. The van der Waals surface area contributed by atoms with E-state index in [4.69, 9.17) is 0 Å². The maximum atomic E-state index is 9.70. The summed E-state index contributed by atoms with van der Waals surface area (Å²) in [6, 6.07) is 1.87. The van der Waals surface area contributed by atoms with E-state index in [2.05, 4.69) is 17.3 Å². The van der Waals surface area contributed by atoms with Gasteiger partial charge in [-0.15, -0.1) is 0 Å². The van der Waals surface area contributed by atoms with Crippen LogP contribution >= 0.6 is 0 Å². The zero-order valence-corrected chi connectivity index (χ0v) is 10.1. The van der Waals surface area contributed by atoms with Crippen LogP contribution in [0.1, 0.15) is 32.6 Å². The molecule has 1 atom stereocenters. The molecule has 0 saturated carbocycles. The van der Waals surface area contributed by atoms with Crippen molar-refractivity contribution in [3.05, 3.63) is 18.5 Å². The summed E-state index contributed by atoms with van der Waals surface area (Å²) in [5.74, 6) is 0. The number of aliphatic hydroxyl groups is 1. The highest BCUT2D eigenvalue weighted by atomic mass is 16.3. The van der Waals surface area contributed by atoms with Crippen molar-refractivity contribution in [2.45, 2.75) is 45.3 Å². The first-order chi connectivity index (χ1) is 7.83. The Morgan fingerprint density at radius 3 is 2.94 bits per heavy atom. The van der Waals surface area contributed by atoms with Gasteiger partial charge in [-0.1, -0.05) is 26.2 Å². The highest BCUT2D eigenvalue weighted by molar-refractivity contribution is 4.78. The summed E-state index contributed by atoms with van der Waals surface area (Å²) in [7, 11) is 0. The van der Waals surface area contributed by atoms with Crippen LogP contribution in [-0.4, -0.2) is 34.1 Å². The van der Waals surface area contributed by atoms with E-state index >= 15 is 0 Å². The molecule has 0 aliphatic rings. The van der Waals surface area contributed by atoms with Gasteiger partial charge in [-0.3, -0.25) is 4.68 Å². The Kier molecular flexibility index (Phi) is 6.85. The van der Waals surface area contributed by atoms with Crippen LogP contribution in [0.4, 0.5) is 0 Å². The summed E-state index contributed by atoms with van der Waals surface area (Å²) < 4.78 is 1.75. The van der Waals surface area contributed by atoms with Crippen LogP contribution in [0, 0.1) is 0 Å². The SMILES string of the molecule is CCCCCCNCC(O)Cn1cccn1. The van der Waals surface area contributed by atoms with Gasteiger partial charge in [0, 0.05) is 18.9 Å². The molecule has 4 nitrogen and oxygen atoms in total. The maximum absolute atomic E-state index is 9.70. The van der Waals surface area contributed by atoms with Crippen molar-refractivity contribution in [1.82, 2.24) is 15.1 Å². The van der Waals surface area contributed by atoms with Gasteiger partial charge < -0.3 is 10.4 Å². The number of hydrogen-bond donors (Lipinski definition) is 2. The zero-order chi connectivity index (χ0) is 11.6. The van der Waals surface area contributed by atoms with Gasteiger partial charge in [-0.2, -0.15) is 5.10 Å². The highest BCUT2D eigenvalue weighted by Gasteiger charge is 2.03. The van der Waals surface area contributed by atoms with E-state index in [1.807, 2.05) is 12.3 Å². The number of unbranched alkanes of at least 4 members (excludes halogenated alkanes) is 3. The normalized spacial score (nSPS) is 12.9. The largest absolute Gasteiger partial charge is 0.390 e. The number of hydrogen-bond acceptors (Lipinski definition) is 3. The van der Waals surface area contributed by atoms with E-state index in [0.717, 1.165) is 6.54 Å². The van der Waals surface area contributed by atoms with E-state index in [1.165, 1.54) is 25.7 Å². The molecule has 2 N–H and O–H groups in total. The first-order valence-corrected chi connectivity index (χ1v) is 6.19. The van der Waals surface area contributed by atoms with Crippen molar-refractivity contribution in [3.8, 4) is 0 Å². The van der Waals surface area contributed by atoms with E-state index in [0.29, 0.717) is 13.1 Å². The summed E-state index contributed by atoms with van der Waals surface area (Å²) >= 11 is 0. The molecule has 0 bridgehead atoms. The minimum Gasteiger partial charge on any atom is -0.390 e. The molecule has 0 aromatic carbocycles. The van der Waals surface area contributed by atoms with Crippen molar-refractivity contribution < 1.29 is 5.11 Å². The van der Waals surface area contributed by atoms with E-state index in [9.17, 15) is 5.11 Å². The molecule has 1 aromatic rings. The average Bonchev–Trinajstić information content (AvgIpc) is 2.76. The summed E-state index contributed by atoms with van der Waals surface area (Å²) in [5.41, 5.74) is 0. The van der Waals surface area contributed by atoms with Crippen molar-refractivity contribution in [3.63, 3.8) is 0 Å². The fraction of sp³-hybridized carbons (Fsp3) is 0.750. The highest BCUT2D eigenvalue weighted by Crippen LogP contribution is 1.97. The van der Waals surface area contributed by atoms with E-state index in [-0.39, 0.29) is 6.10 Å². The first kappa shape index (κ1) is 13.2. The van der Waals surface area contributed by atoms with E-state index < -0.39 is 0 Å². The molecule has 0 saturated heterocycles. The quantitative estimate of drug-likeness (QED) is 0.625. The second-order valence-electron chi connectivity index (χ2n) is 4.15. The fourth-order valence-corrected chi connectivity index (χ4v) is 1.63. The number of aromatic nitrogens is 2. The Balaban J connectivity index is 1.96. The second kappa shape index (κ2) is 8.30. The monoisotopic (exact) mass is 225 g/mol. The molecule has 1 heterocycles. The van der Waals surface area contributed by atoms with Crippen LogP contribution in [0.25, 0.3) is 0 Å². The van der Waals surface area contributed by atoms with Crippen molar-refractivity contribution in [2.75, 3.05) is 13.1 Å². The zero-order valence-electron chi connectivity index (χ0n) is 10.1. The number of rotatable bonds is 9. The molecule has 0 amide bonds. The summed E-state index contributed by atoms with van der Waals surface area (Å²) in [5, 5.41) is 17.0. The van der Waals surface area contributed by atoms with Crippen molar-refractivity contribution in [1.29, 1.82) is 0 Å². The number of nitrogens with one attached hydrogen (secondary N) is 1. The Morgan fingerprint density at radius 1 is 1.38 bits per heavy atom. The molecule has 1 unspecified atom stereocenters. The van der Waals surface area contributed by atoms with Gasteiger partial charge >= 0.3 is 0 Å². The number of aliphatic hydroxyl groups excluding tert-OH is 1. The van der Waals surface area contributed by atoms with Crippen LogP contribution < -0.4 is 5.32 Å². The molecule has 0 fully saturated rings. The lowest BCUT2D eigenvalue weighted by atomic mass is 10.2.